The summed E-state index contributed by atoms with van der Waals surface area (Å²) in [7, 11) is 0. The minimum absolute atomic E-state index is 0.242. The van der Waals surface area contributed by atoms with E-state index in [1.54, 1.807) is 13.0 Å². The van der Waals surface area contributed by atoms with Crippen LogP contribution in [-0.4, -0.2) is 23.9 Å². The Bertz CT molecular complexity index is 651. The van der Waals surface area contributed by atoms with E-state index in [0.717, 1.165) is 16.0 Å². The summed E-state index contributed by atoms with van der Waals surface area (Å²) < 4.78 is 4.98. The smallest absolute Gasteiger partial charge is 0.342 e. The highest BCUT2D eigenvalue weighted by Gasteiger charge is 2.36. The Morgan fingerprint density at radius 1 is 1.18 bits per heavy atom. The summed E-state index contributed by atoms with van der Waals surface area (Å²) in [5, 5.41) is 10.6. The zero-order chi connectivity index (χ0) is 16.2. The minimum Gasteiger partial charge on any atom is -0.464 e. The Balaban J connectivity index is 2.44. The van der Waals surface area contributed by atoms with Crippen molar-refractivity contribution in [2.24, 2.45) is 0 Å². The molecule has 0 saturated heterocycles. The van der Waals surface area contributed by atoms with Crippen molar-refractivity contribution in [2.45, 2.75) is 24.3 Å². The molecule has 2 aromatic rings. The zero-order valence-corrected chi connectivity index (χ0v) is 13.8. The molecule has 1 unspecified atom stereocenters. The van der Waals surface area contributed by atoms with Crippen LogP contribution in [-0.2, 0) is 15.1 Å². The summed E-state index contributed by atoms with van der Waals surface area (Å²) >= 11 is 1.50. The molecule has 116 valence electrons. The number of carbonyl (C=O) groups is 1. The number of benzene rings is 2. The van der Waals surface area contributed by atoms with Gasteiger partial charge < -0.3 is 9.84 Å². The Morgan fingerprint density at radius 2 is 1.86 bits per heavy atom. The average molecular weight is 316 g/mol. The van der Waals surface area contributed by atoms with E-state index in [1.807, 2.05) is 48.7 Å². The number of hydrogen-bond acceptors (Lipinski definition) is 4. The van der Waals surface area contributed by atoms with E-state index >= 15 is 0 Å². The van der Waals surface area contributed by atoms with Crippen LogP contribution in [0, 0.1) is 0 Å². The van der Waals surface area contributed by atoms with E-state index in [1.165, 1.54) is 18.7 Å². The van der Waals surface area contributed by atoms with Crippen LogP contribution in [0.25, 0.3) is 11.1 Å². The summed E-state index contributed by atoms with van der Waals surface area (Å²) in [5.74, 6) is -0.627. The van der Waals surface area contributed by atoms with Crippen molar-refractivity contribution in [1.29, 1.82) is 0 Å². The summed E-state index contributed by atoms with van der Waals surface area (Å²) in [6.45, 7) is 3.44. The number of hydrogen-bond donors (Lipinski definition) is 1. The van der Waals surface area contributed by atoms with Gasteiger partial charge in [0.25, 0.3) is 0 Å². The molecule has 0 aliphatic carbocycles. The van der Waals surface area contributed by atoms with Crippen LogP contribution in [0.3, 0.4) is 0 Å². The van der Waals surface area contributed by atoms with E-state index in [9.17, 15) is 9.90 Å². The molecule has 0 bridgehead atoms. The van der Waals surface area contributed by atoms with Gasteiger partial charge in [0.15, 0.2) is 5.60 Å². The highest BCUT2D eigenvalue weighted by molar-refractivity contribution is 7.98. The molecule has 0 aliphatic rings. The van der Waals surface area contributed by atoms with Gasteiger partial charge in [0.2, 0.25) is 0 Å². The molecule has 0 aliphatic heterocycles. The molecular weight excluding hydrogens is 296 g/mol. The molecule has 1 atom stereocenters. The molecule has 1 N–H and O–H groups in total. The summed E-state index contributed by atoms with van der Waals surface area (Å²) in [6, 6.07) is 15.7. The van der Waals surface area contributed by atoms with Gasteiger partial charge in [0.05, 0.1) is 6.61 Å². The van der Waals surface area contributed by atoms with Crippen LogP contribution in [0.1, 0.15) is 19.4 Å². The molecule has 0 saturated carbocycles. The van der Waals surface area contributed by atoms with Crippen molar-refractivity contribution < 1.29 is 14.6 Å². The van der Waals surface area contributed by atoms with Crippen LogP contribution in [0.15, 0.2) is 53.4 Å². The standard InChI is InChI=1S/C18H20O3S/c1-4-21-17(19)18(2,20)15-11-10-14(12-16(15)22-3)13-8-6-5-7-9-13/h5-12,20H,4H2,1-3H3. The summed E-state index contributed by atoms with van der Waals surface area (Å²) in [4.78, 5) is 12.9. The van der Waals surface area contributed by atoms with Crippen LogP contribution < -0.4 is 0 Å². The topological polar surface area (TPSA) is 46.5 Å². The number of rotatable bonds is 5. The van der Waals surface area contributed by atoms with Gasteiger partial charge in [-0.25, -0.2) is 4.79 Å². The molecule has 22 heavy (non-hydrogen) atoms. The van der Waals surface area contributed by atoms with Gasteiger partial charge in [-0.05, 0) is 37.3 Å². The second-order valence-electron chi connectivity index (χ2n) is 5.07. The number of carbonyl (C=O) groups excluding carboxylic acids is 1. The lowest BCUT2D eigenvalue weighted by atomic mass is 9.93. The molecule has 2 aromatic carbocycles. The summed E-state index contributed by atoms with van der Waals surface area (Å²) in [5.41, 5.74) is 1.07. The van der Waals surface area contributed by atoms with Crippen LogP contribution >= 0.6 is 11.8 Å². The third kappa shape index (κ3) is 3.34. The van der Waals surface area contributed by atoms with Gasteiger partial charge in [-0.15, -0.1) is 11.8 Å². The van der Waals surface area contributed by atoms with Crippen LogP contribution in [0.2, 0.25) is 0 Å². The molecule has 0 heterocycles. The maximum absolute atomic E-state index is 12.0. The lowest BCUT2D eigenvalue weighted by Crippen LogP contribution is -2.34. The van der Waals surface area contributed by atoms with Crippen molar-refractivity contribution in [1.82, 2.24) is 0 Å². The Hall–Kier alpha value is -1.78. The van der Waals surface area contributed by atoms with Crippen LogP contribution in [0.5, 0.6) is 0 Å². The average Bonchev–Trinajstić information content (AvgIpc) is 2.55. The van der Waals surface area contributed by atoms with E-state index in [-0.39, 0.29) is 6.61 Å². The van der Waals surface area contributed by atoms with E-state index < -0.39 is 11.6 Å². The Labute approximate surface area is 135 Å². The van der Waals surface area contributed by atoms with Crippen molar-refractivity contribution in [3.8, 4) is 11.1 Å². The fraction of sp³-hybridized carbons (Fsp3) is 0.278. The van der Waals surface area contributed by atoms with Crippen LogP contribution in [0.4, 0.5) is 0 Å². The third-order valence-electron chi connectivity index (χ3n) is 3.51. The molecule has 4 heteroatoms. The van der Waals surface area contributed by atoms with Gasteiger partial charge >= 0.3 is 5.97 Å². The van der Waals surface area contributed by atoms with Gasteiger partial charge in [0.1, 0.15) is 0 Å². The van der Waals surface area contributed by atoms with E-state index in [2.05, 4.69) is 0 Å². The third-order valence-corrected chi connectivity index (χ3v) is 4.28. The van der Waals surface area contributed by atoms with Crippen molar-refractivity contribution in [3.05, 3.63) is 54.1 Å². The second-order valence-corrected chi connectivity index (χ2v) is 5.92. The maximum Gasteiger partial charge on any atom is 0.342 e. The molecule has 0 radical (unpaired) electrons. The first-order chi connectivity index (χ1) is 10.5. The second kappa shape index (κ2) is 6.99. The highest BCUT2D eigenvalue weighted by Crippen LogP contribution is 2.34. The lowest BCUT2D eigenvalue weighted by Gasteiger charge is -2.24. The van der Waals surface area contributed by atoms with Gasteiger partial charge in [0, 0.05) is 10.5 Å². The Morgan fingerprint density at radius 3 is 2.45 bits per heavy atom. The fourth-order valence-electron chi connectivity index (χ4n) is 2.29. The van der Waals surface area contributed by atoms with E-state index in [0.29, 0.717) is 5.56 Å². The molecule has 0 spiro atoms. The quantitative estimate of drug-likeness (QED) is 0.672. The number of aliphatic hydroxyl groups is 1. The Kier molecular flexibility index (Phi) is 5.27. The van der Waals surface area contributed by atoms with Gasteiger partial charge in [-0.1, -0.05) is 42.5 Å². The first kappa shape index (κ1) is 16.6. The normalized spacial score (nSPS) is 13.5. The van der Waals surface area contributed by atoms with Crippen molar-refractivity contribution in [2.75, 3.05) is 12.9 Å². The lowest BCUT2D eigenvalue weighted by molar-refractivity contribution is -0.164. The maximum atomic E-state index is 12.0. The zero-order valence-electron chi connectivity index (χ0n) is 13.0. The highest BCUT2D eigenvalue weighted by atomic mass is 32.2. The van der Waals surface area contributed by atoms with Gasteiger partial charge in [-0.3, -0.25) is 0 Å². The van der Waals surface area contributed by atoms with E-state index in [4.69, 9.17) is 4.74 Å². The predicted molar refractivity (Wildman–Crippen MR) is 89.9 cm³/mol. The minimum atomic E-state index is -1.65. The molecule has 0 aromatic heterocycles. The first-order valence-electron chi connectivity index (χ1n) is 7.14. The number of esters is 1. The predicted octanol–water partition coefficient (Wildman–Crippen LogP) is 3.85. The molecule has 2 rings (SSSR count). The molecule has 0 amide bonds. The molecule has 3 nitrogen and oxygen atoms in total. The largest absolute Gasteiger partial charge is 0.464 e. The SMILES string of the molecule is CCOC(=O)C(C)(O)c1ccc(-c2ccccc2)cc1SC. The van der Waals surface area contributed by atoms with Crippen molar-refractivity contribution in [3.63, 3.8) is 0 Å². The molecular formula is C18H20O3S. The fourth-order valence-corrected chi connectivity index (χ4v) is 3.02. The molecule has 0 fully saturated rings. The number of ether oxygens (including phenoxy) is 1. The van der Waals surface area contributed by atoms with Gasteiger partial charge in [-0.2, -0.15) is 0 Å². The monoisotopic (exact) mass is 316 g/mol. The number of thioether (sulfide) groups is 1. The first-order valence-corrected chi connectivity index (χ1v) is 8.36. The summed E-state index contributed by atoms with van der Waals surface area (Å²) in [6.07, 6.45) is 1.93. The van der Waals surface area contributed by atoms with Crippen molar-refractivity contribution >= 4 is 17.7 Å².